The Kier molecular flexibility index (Phi) is 4.00. The largest absolute Gasteiger partial charge is 0.337 e. The number of aromatic nitrogens is 2. The lowest BCUT2D eigenvalue weighted by Gasteiger charge is -2.30. The van der Waals surface area contributed by atoms with Crippen molar-refractivity contribution in [2.24, 2.45) is 11.3 Å². The first-order valence-corrected chi connectivity index (χ1v) is 6.44. The maximum Gasteiger partial charge on any atom is 0.177 e. The normalized spacial score (nSPS) is 12.8. The van der Waals surface area contributed by atoms with E-state index in [0.29, 0.717) is 11.8 Å². The Bertz CT molecular complexity index is 396. The van der Waals surface area contributed by atoms with Crippen LogP contribution in [0.2, 0.25) is 0 Å². The average molecular weight is 240 g/mol. The molecule has 3 heteroatoms. The quantitative estimate of drug-likeness (QED) is 0.776. The number of H-pyrrole nitrogens is 1. The maximum atomic E-state index is 5.35. The topological polar surface area (TPSA) is 20.7 Å². The van der Waals surface area contributed by atoms with Crippen LogP contribution in [0.25, 0.3) is 0 Å². The van der Waals surface area contributed by atoms with Crippen LogP contribution in [-0.2, 0) is 6.54 Å². The van der Waals surface area contributed by atoms with E-state index in [1.165, 1.54) is 5.69 Å². The van der Waals surface area contributed by atoms with Gasteiger partial charge in [-0.25, -0.2) is 0 Å². The van der Waals surface area contributed by atoms with E-state index in [-0.39, 0.29) is 5.41 Å². The number of hydrogen-bond donors (Lipinski definition) is 1. The van der Waals surface area contributed by atoms with Crippen molar-refractivity contribution in [2.45, 2.75) is 54.0 Å². The van der Waals surface area contributed by atoms with Gasteiger partial charge in [0.25, 0.3) is 0 Å². The third-order valence-corrected chi connectivity index (χ3v) is 3.96. The van der Waals surface area contributed by atoms with E-state index in [1.807, 2.05) is 6.20 Å². The van der Waals surface area contributed by atoms with Crippen molar-refractivity contribution in [3.8, 4) is 0 Å². The van der Waals surface area contributed by atoms with Crippen molar-refractivity contribution >= 4 is 12.2 Å². The van der Waals surface area contributed by atoms with Crippen molar-refractivity contribution in [2.75, 3.05) is 0 Å². The highest BCUT2D eigenvalue weighted by molar-refractivity contribution is 7.71. The molecule has 0 fully saturated rings. The van der Waals surface area contributed by atoms with Gasteiger partial charge in [-0.1, -0.05) is 41.5 Å². The minimum Gasteiger partial charge on any atom is -0.337 e. The van der Waals surface area contributed by atoms with Gasteiger partial charge in [0.2, 0.25) is 0 Å². The van der Waals surface area contributed by atoms with E-state index in [2.05, 4.69) is 51.1 Å². The molecule has 0 spiro atoms. The highest BCUT2D eigenvalue weighted by Crippen LogP contribution is 2.29. The van der Waals surface area contributed by atoms with Crippen molar-refractivity contribution in [1.82, 2.24) is 9.55 Å². The van der Waals surface area contributed by atoms with Crippen molar-refractivity contribution in [3.63, 3.8) is 0 Å². The van der Waals surface area contributed by atoms with Crippen molar-refractivity contribution in [3.05, 3.63) is 16.7 Å². The summed E-state index contributed by atoms with van der Waals surface area (Å²) in [5.41, 5.74) is 1.57. The van der Waals surface area contributed by atoms with Crippen LogP contribution < -0.4 is 0 Å². The molecule has 1 heterocycles. The molecule has 0 saturated carbocycles. The van der Waals surface area contributed by atoms with Gasteiger partial charge in [-0.3, -0.25) is 0 Å². The molecule has 0 aliphatic carbocycles. The minimum atomic E-state index is 0.268. The fourth-order valence-corrected chi connectivity index (χ4v) is 1.87. The fraction of sp³-hybridized carbons (Fsp3) is 0.769. The summed E-state index contributed by atoms with van der Waals surface area (Å²) in [7, 11) is 0. The molecule has 1 rings (SSSR count). The molecule has 2 nitrogen and oxygen atoms in total. The minimum absolute atomic E-state index is 0.268. The fourth-order valence-electron chi connectivity index (χ4n) is 1.64. The first kappa shape index (κ1) is 13.5. The first-order valence-electron chi connectivity index (χ1n) is 6.04. The Balaban J connectivity index is 3.05. The summed E-state index contributed by atoms with van der Waals surface area (Å²) >= 11 is 5.35. The van der Waals surface area contributed by atoms with Crippen LogP contribution in [0.15, 0.2) is 6.20 Å². The number of hydrogen-bond acceptors (Lipinski definition) is 1. The number of rotatable bonds is 4. The van der Waals surface area contributed by atoms with Crippen LogP contribution in [0.3, 0.4) is 0 Å². The second kappa shape index (κ2) is 4.74. The van der Waals surface area contributed by atoms with Crippen LogP contribution in [0.5, 0.6) is 0 Å². The summed E-state index contributed by atoms with van der Waals surface area (Å²) in [6.07, 6.45) is 2.05. The first-order chi connectivity index (χ1) is 7.25. The standard InChI is InChI=1S/C13H24N2S/c1-9(2)11-7-14-12(16)15(11)8-13(5,6)10(3)4/h7,9-10H,8H2,1-6H3,(H,14,16). The molecule has 0 saturated heterocycles. The molecular weight excluding hydrogens is 216 g/mol. The third kappa shape index (κ3) is 2.76. The summed E-state index contributed by atoms with van der Waals surface area (Å²) < 4.78 is 3.09. The number of imidazole rings is 1. The SMILES string of the molecule is CC(C)c1c[nH]c(=S)n1CC(C)(C)C(C)C. The van der Waals surface area contributed by atoms with Gasteiger partial charge in [-0.15, -0.1) is 0 Å². The van der Waals surface area contributed by atoms with E-state index < -0.39 is 0 Å². The highest BCUT2D eigenvalue weighted by Gasteiger charge is 2.24. The maximum absolute atomic E-state index is 5.35. The van der Waals surface area contributed by atoms with Gasteiger partial charge in [0.1, 0.15) is 0 Å². The van der Waals surface area contributed by atoms with Crippen LogP contribution in [0, 0.1) is 16.1 Å². The molecule has 16 heavy (non-hydrogen) atoms. The lowest BCUT2D eigenvalue weighted by Crippen LogP contribution is -2.26. The van der Waals surface area contributed by atoms with E-state index >= 15 is 0 Å². The van der Waals surface area contributed by atoms with E-state index in [9.17, 15) is 0 Å². The Morgan fingerprint density at radius 1 is 1.31 bits per heavy atom. The smallest absolute Gasteiger partial charge is 0.177 e. The monoisotopic (exact) mass is 240 g/mol. The summed E-state index contributed by atoms with van der Waals surface area (Å²) in [4.78, 5) is 3.16. The van der Waals surface area contributed by atoms with Crippen LogP contribution in [0.4, 0.5) is 0 Å². The molecule has 0 unspecified atom stereocenters. The average Bonchev–Trinajstić information content (AvgIpc) is 2.47. The van der Waals surface area contributed by atoms with Gasteiger partial charge >= 0.3 is 0 Å². The van der Waals surface area contributed by atoms with Crippen molar-refractivity contribution in [1.29, 1.82) is 0 Å². The zero-order chi connectivity index (χ0) is 12.5. The molecule has 0 atom stereocenters. The molecule has 1 aromatic rings. The molecule has 0 aromatic carbocycles. The summed E-state index contributed by atoms with van der Waals surface area (Å²) in [5, 5.41) is 0. The molecule has 0 aliphatic heterocycles. The predicted molar refractivity (Wildman–Crippen MR) is 72.3 cm³/mol. The molecule has 1 N–H and O–H groups in total. The van der Waals surface area contributed by atoms with E-state index in [4.69, 9.17) is 12.2 Å². The van der Waals surface area contributed by atoms with Crippen LogP contribution in [0.1, 0.15) is 53.2 Å². The summed E-state index contributed by atoms with van der Waals surface area (Å²) in [6.45, 7) is 14.5. The zero-order valence-corrected chi connectivity index (χ0v) is 12.1. The Labute approximate surface area is 104 Å². The number of nitrogens with zero attached hydrogens (tertiary/aromatic N) is 1. The lowest BCUT2D eigenvalue weighted by atomic mass is 9.81. The van der Waals surface area contributed by atoms with E-state index in [1.54, 1.807) is 0 Å². The third-order valence-electron chi connectivity index (χ3n) is 3.62. The van der Waals surface area contributed by atoms with E-state index in [0.717, 1.165) is 11.3 Å². The molecule has 0 aliphatic rings. The lowest BCUT2D eigenvalue weighted by molar-refractivity contribution is 0.206. The van der Waals surface area contributed by atoms with Crippen LogP contribution in [-0.4, -0.2) is 9.55 Å². The van der Waals surface area contributed by atoms with Gasteiger partial charge in [-0.2, -0.15) is 0 Å². The Morgan fingerprint density at radius 3 is 2.31 bits per heavy atom. The molecule has 92 valence electrons. The molecule has 0 radical (unpaired) electrons. The number of aromatic amines is 1. The predicted octanol–water partition coefficient (Wildman–Crippen LogP) is 4.35. The van der Waals surface area contributed by atoms with Gasteiger partial charge < -0.3 is 9.55 Å². The van der Waals surface area contributed by atoms with Gasteiger partial charge in [0.05, 0.1) is 0 Å². The molecule has 0 bridgehead atoms. The zero-order valence-electron chi connectivity index (χ0n) is 11.3. The molecule has 1 aromatic heterocycles. The second-order valence-corrected chi connectivity index (χ2v) is 6.29. The Morgan fingerprint density at radius 2 is 1.88 bits per heavy atom. The summed E-state index contributed by atoms with van der Waals surface area (Å²) in [6, 6.07) is 0. The van der Waals surface area contributed by atoms with Crippen molar-refractivity contribution < 1.29 is 0 Å². The second-order valence-electron chi connectivity index (χ2n) is 5.90. The van der Waals surface area contributed by atoms with Crippen LogP contribution >= 0.6 is 12.2 Å². The van der Waals surface area contributed by atoms with Gasteiger partial charge in [0.15, 0.2) is 4.77 Å². The van der Waals surface area contributed by atoms with Gasteiger partial charge in [0, 0.05) is 18.4 Å². The van der Waals surface area contributed by atoms with Gasteiger partial charge in [-0.05, 0) is 29.5 Å². The summed E-state index contributed by atoms with van der Waals surface area (Å²) in [5.74, 6) is 1.15. The Hall–Kier alpha value is -0.570. The molecule has 0 amide bonds. The molecular formula is C13H24N2S. The number of nitrogens with one attached hydrogen (secondary N) is 1. The highest BCUT2D eigenvalue weighted by atomic mass is 32.1.